The first-order valence-corrected chi connectivity index (χ1v) is 11.7. The van der Waals surface area contributed by atoms with Crippen LogP contribution in [0.2, 0.25) is 0 Å². The molecule has 0 unspecified atom stereocenters. The van der Waals surface area contributed by atoms with Gasteiger partial charge >= 0.3 is 0 Å². The highest BCUT2D eigenvalue weighted by atomic mass is 32.1. The molecule has 0 bridgehead atoms. The standard InChI is InChI=1S/C25H28N6S/c1-16-8-10-22(18(3)12-16)26-25(32)30(21-6-4-5-7-21)15-20-14-19-13-17(2)9-11-23(19)31-24(20)27-28-29-31/h8-14,21H,4-7,15H2,1-3H3,(H,26,32). The summed E-state index contributed by atoms with van der Waals surface area (Å²) in [6, 6.07) is 15.4. The molecule has 5 rings (SSSR count). The first-order chi connectivity index (χ1) is 15.5. The van der Waals surface area contributed by atoms with E-state index in [-0.39, 0.29) is 0 Å². The zero-order valence-corrected chi connectivity index (χ0v) is 19.6. The lowest BCUT2D eigenvalue weighted by Gasteiger charge is -2.32. The van der Waals surface area contributed by atoms with E-state index in [1.54, 1.807) is 0 Å². The third kappa shape index (κ3) is 3.93. The lowest BCUT2D eigenvalue weighted by Crippen LogP contribution is -2.41. The molecule has 4 aromatic rings. The Labute approximate surface area is 193 Å². The van der Waals surface area contributed by atoms with Crippen molar-refractivity contribution in [3.05, 3.63) is 64.7 Å². The third-order valence-electron chi connectivity index (χ3n) is 6.49. The fourth-order valence-corrected chi connectivity index (χ4v) is 5.13. The Hall–Kier alpha value is -3.06. The largest absolute Gasteiger partial charge is 0.342 e. The second kappa shape index (κ2) is 8.47. The number of pyridine rings is 1. The number of thiocarbonyl (C=S) groups is 1. The van der Waals surface area contributed by atoms with E-state index in [4.69, 9.17) is 12.2 Å². The highest BCUT2D eigenvalue weighted by Gasteiger charge is 2.26. The van der Waals surface area contributed by atoms with Gasteiger partial charge in [0.15, 0.2) is 10.8 Å². The molecule has 0 spiro atoms. The summed E-state index contributed by atoms with van der Waals surface area (Å²) in [5, 5.41) is 18.0. The minimum absolute atomic E-state index is 0.421. The summed E-state index contributed by atoms with van der Waals surface area (Å²) in [5.74, 6) is 0. The Balaban J connectivity index is 1.52. The number of fused-ring (bicyclic) bond motifs is 3. The van der Waals surface area contributed by atoms with Crippen LogP contribution in [0.25, 0.3) is 16.6 Å². The maximum atomic E-state index is 5.96. The average molecular weight is 445 g/mol. The van der Waals surface area contributed by atoms with Gasteiger partial charge in [-0.05, 0) is 86.1 Å². The molecule has 1 aliphatic rings. The number of hydrogen-bond acceptors (Lipinski definition) is 4. The van der Waals surface area contributed by atoms with Gasteiger partial charge in [-0.25, -0.2) is 0 Å². The Kier molecular flexibility index (Phi) is 5.51. The summed E-state index contributed by atoms with van der Waals surface area (Å²) in [6.07, 6.45) is 4.80. The molecule has 2 aromatic carbocycles. The van der Waals surface area contributed by atoms with E-state index in [9.17, 15) is 0 Å². The van der Waals surface area contributed by atoms with Crippen molar-refractivity contribution in [1.82, 2.24) is 24.9 Å². The van der Waals surface area contributed by atoms with E-state index in [0.29, 0.717) is 12.6 Å². The van der Waals surface area contributed by atoms with Crippen molar-refractivity contribution in [2.75, 3.05) is 5.32 Å². The zero-order chi connectivity index (χ0) is 22.2. The summed E-state index contributed by atoms with van der Waals surface area (Å²) >= 11 is 5.96. The molecule has 0 aliphatic heterocycles. The van der Waals surface area contributed by atoms with E-state index < -0.39 is 0 Å². The van der Waals surface area contributed by atoms with Crippen molar-refractivity contribution in [3.8, 4) is 0 Å². The average Bonchev–Trinajstić information content (AvgIpc) is 3.46. The van der Waals surface area contributed by atoms with Crippen molar-refractivity contribution in [2.45, 2.75) is 59.0 Å². The Bertz CT molecular complexity index is 1300. The van der Waals surface area contributed by atoms with Crippen LogP contribution in [0.1, 0.15) is 47.9 Å². The van der Waals surface area contributed by atoms with E-state index in [1.165, 1.54) is 29.5 Å². The quantitative estimate of drug-likeness (QED) is 0.429. The molecule has 164 valence electrons. The molecule has 2 heterocycles. The number of hydrogen-bond donors (Lipinski definition) is 1. The first kappa shape index (κ1) is 20.8. The zero-order valence-electron chi connectivity index (χ0n) is 18.8. The van der Waals surface area contributed by atoms with Crippen LogP contribution in [0.3, 0.4) is 0 Å². The van der Waals surface area contributed by atoms with Crippen molar-refractivity contribution in [2.24, 2.45) is 0 Å². The van der Waals surface area contributed by atoms with Gasteiger partial charge in [-0.15, -0.1) is 5.10 Å². The van der Waals surface area contributed by atoms with Crippen LogP contribution < -0.4 is 5.32 Å². The fraction of sp³-hybridized carbons (Fsp3) is 0.360. The fourth-order valence-electron chi connectivity index (χ4n) is 4.81. The van der Waals surface area contributed by atoms with Crippen LogP contribution >= 0.6 is 12.2 Å². The van der Waals surface area contributed by atoms with Crippen LogP contribution in [0.15, 0.2) is 42.5 Å². The number of rotatable bonds is 4. The number of aryl methyl sites for hydroxylation is 3. The molecule has 32 heavy (non-hydrogen) atoms. The van der Waals surface area contributed by atoms with Crippen molar-refractivity contribution in [1.29, 1.82) is 0 Å². The van der Waals surface area contributed by atoms with Gasteiger partial charge in [0.05, 0.1) is 5.52 Å². The number of nitrogens with one attached hydrogen (secondary N) is 1. The lowest BCUT2D eigenvalue weighted by atomic mass is 10.1. The first-order valence-electron chi connectivity index (χ1n) is 11.2. The van der Waals surface area contributed by atoms with Crippen LogP contribution in [0.4, 0.5) is 5.69 Å². The molecular formula is C25H28N6S. The molecule has 2 aromatic heterocycles. The number of anilines is 1. The molecule has 0 radical (unpaired) electrons. The van der Waals surface area contributed by atoms with Gasteiger partial charge < -0.3 is 10.2 Å². The van der Waals surface area contributed by atoms with E-state index in [2.05, 4.69) is 89.0 Å². The second-order valence-electron chi connectivity index (χ2n) is 8.96. The SMILES string of the molecule is Cc1ccc(NC(=S)N(Cc2cc3cc(C)ccc3n3nnnc23)C2CCCC2)c(C)c1. The Morgan fingerprint density at radius 3 is 2.59 bits per heavy atom. The highest BCUT2D eigenvalue weighted by molar-refractivity contribution is 7.80. The lowest BCUT2D eigenvalue weighted by molar-refractivity contribution is 0.313. The Morgan fingerprint density at radius 1 is 1.06 bits per heavy atom. The van der Waals surface area contributed by atoms with Gasteiger partial charge in [-0.3, -0.25) is 0 Å². The molecule has 0 amide bonds. The summed E-state index contributed by atoms with van der Waals surface area (Å²) in [7, 11) is 0. The molecule has 0 atom stereocenters. The van der Waals surface area contributed by atoms with Crippen molar-refractivity contribution in [3.63, 3.8) is 0 Å². The molecule has 1 fully saturated rings. The van der Waals surface area contributed by atoms with Crippen LogP contribution in [-0.4, -0.2) is 36.1 Å². The van der Waals surface area contributed by atoms with Gasteiger partial charge in [-0.2, -0.15) is 4.52 Å². The van der Waals surface area contributed by atoms with Crippen LogP contribution in [0, 0.1) is 20.8 Å². The number of nitrogens with zero attached hydrogens (tertiary/aromatic N) is 5. The number of benzene rings is 2. The minimum atomic E-state index is 0.421. The van der Waals surface area contributed by atoms with E-state index >= 15 is 0 Å². The van der Waals surface area contributed by atoms with Crippen LogP contribution in [-0.2, 0) is 6.54 Å². The second-order valence-corrected chi connectivity index (χ2v) is 9.35. The van der Waals surface area contributed by atoms with E-state index in [0.717, 1.165) is 45.8 Å². The molecule has 1 N–H and O–H groups in total. The van der Waals surface area contributed by atoms with Crippen LogP contribution in [0.5, 0.6) is 0 Å². The molecule has 6 nitrogen and oxygen atoms in total. The molecule has 0 saturated heterocycles. The smallest absolute Gasteiger partial charge is 0.184 e. The predicted molar refractivity (Wildman–Crippen MR) is 133 cm³/mol. The van der Waals surface area contributed by atoms with Crippen molar-refractivity contribution < 1.29 is 0 Å². The van der Waals surface area contributed by atoms with E-state index in [1.807, 2.05) is 4.52 Å². The summed E-state index contributed by atoms with van der Waals surface area (Å²) in [5.41, 5.74) is 7.62. The molecule has 7 heteroatoms. The summed E-state index contributed by atoms with van der Waals surface area (Å²) in [4.78, 5) is 2.34. The monoisotopic (exact) mass is 444 g/mol. The van der Waals surface area contributed by atoms with Gasteiger partial charge in [0.2, 0.25) is 0 Å². The van der Waals surface area contributed by atoms with Gasteiger partial charge in [0.25, 0.3) is 0 Å². The minimum Gasteiger partial charge on any atom is -0.342 e. The molecular weight excluding hydrogens is 416 g/mol. The Morgan fingerprint density at radius 2 is 1.81 bits per heavy atom. The van der Waals surface area contributed by atoms with Crippen molar-refractivity contribution >= 4 is 39.6 Å². The maximum absolute atomic E-state index is 5.96. The maximum Gasteiger partial charge on any atom is 0.184 e. The van der Waals surface area contributed by atoms with Gasteiger partial charge in [0.1, 0.15) is 0 Å². The molecule has 1 aliphatic carbocycles. The number of aromatic nitrogens is 4. The normalized spacial score (nSPS) is 14.3. The highest BCUT2D eigenvalue weighted by Crippen LogP contribution is 2.28. The summed E-state index contributed by atoms with van der Waals surface area (Å²) in [6.45, 7) is 7.01. The topological polar surface area (TPSA) is 58.4 Å². The predicted octanol–water partition coefficient (Wildman–Crippen LogP) is 5.34. The van der Waals surface area contributed by atoms with Gasteiger partial charge in [-0.1, -0.05) is 42.2 Å². The van der Waals surface area contributed by atoms with Gasteiger partial charge in [0, 0.05) is 29.2 Å². The number of tetrazole rings is 1. The molecule has 1 saturated carbocycles. The summed E-state index contributed by atoms with van der Waals surface area (Å²) < 4.78 is 1.84. The third-order valence-corrected chi connectivity index (χ3v) is 6.82.